The molecular weight excluding hydrogens is 535 g/mol. The van der Waals surface area contributed by atoms with Gasteiger partial charge in [0.25, 0.3) is 0 Å². The van der Waals surface area contributed by atoms with Crippen LogP contribution in [0.3, 0.4) is 0 Å². The number of fused-ring (bicyclic) bond motifs is 3. The minimum atomic E-state index is -0.551. The molecule has 2 aromatic rings. The lowest BCUT2D eigenvalue weighted by Crippen LogP contribution is -2.55. The molecule has 7 heteroatoms. The molecule has 0 radical (unpaired) electrons. The molecule has 3 fully saturated rings. The molecule has 1 aliphatic carbocycles. The number of hydrogen-bond acceptors (Lipinski definition) is 6. The Morgan fingerprint density at radius 3 is 2.58 bits per heavy atom. The summed E-state index contributed by atoms with van der Waals surface area (Å²) in [5, 5.41) is 9.98. The number of anilines is 2. The third kappa shape index (κ3) is 6.70. The van der Waals surface area contributed by atoms with Crippen LogP contribution >= 0.6 is 0 Å². The van der Waals surface area contributed by atoms with E-state index in [1.54, 1.807) is 0 Å². The largest absolute Gasteiger partial charge is 0.398 e. The van der Waals surface area contributed by atoms with Crippen molar-refractivity contribution in [3.05, 3.63) is 45.9 Å². The van der Waals surface area contributed by atoms with E-state index < -0.39 is 6.17 Å². The summed E-state index contributed by atoms with van der Waals surface area (Å²) < 4.78 is 12.8. The number of nitriles is 1. The molecule has 3 unspecified atom stereocenters. The summed E-state index contributed by atoms with van der Waals surface area (Å²) in [6.07, 6.45) is 12.3. The summed E-state index contributed by atoms with van der Waals surface area (Å²) >= 11 is 0. The zero-order chi connectivity index (χ0) is 30.8. The maximum atomic E-state index is 12.8. The standard InChI is InChI=1S/C28H39N5.C8H14FN/c1-5-14-28(4)17-33(18-28)27-21-11-9-7-8-10-19(3)20-12-13-24(30)23(16-29)22(20)15-25(21)31-26(6-2)32-27;1-8-3-2-4-10(8)6-7(9)5-8/h12-13,19H,5-11,14-15,17-18,30H2,1-4H3;7H,2-6H2,1H3. The fraction of sp³-hybridized carbons (Fsp3) is 0.694. The maximum Gasteiger partial charge on any atom is 0.135 e. The molecular formula is C36H53FN6. The molecule has 0 saturated carbocycles. The number of aromatic nitrogens is 2. The first-order chi connectivity index (χ1) is 20.6. The van der Waals surface area contributed by atoms with Crippen molar-refractivity contribution < 1.29 is 4.39 Å². The number of benzene rings is 1. The van der Waals surface area contributed by atoms with Gasteiger partial charge in [0.05, 0.1) is 11.3 Å². The second-order valence-electron chi connectivity index (χ2n) is 14.4. The van der Waals surface area contributed by atoms with E-state index in [4.69, 9.17) is 15.7 Å². The lowest BCUT2D eigenvalue weighted by atomic mass is 9.78. The molecule has 4 heterocycles. The first-order valence-corrected chi connectivity index (χ1v) is 16.9. The number of nitrogen functional groups attached to an aromatic ring is 1. The molecule has 6 nitrogen and oxygen atoms in total. The average molecular weight is 589 g/mol. The first-order valence-electron chi connectivity index (χ1n) is 16.9. The van der Waals surface area contributed by atoms with Gasteiger partial charge in [-0.25, -0.2) is 14.4 Å². The van der Waals surface area contributed by atoms with Gasteiger partial charge in [0.1, 0.15) is 23.9 Å². The van der Waals surface area contributed by atoms with Crippen molar-refractivity contribution in [2.75, 3.05) is 36.8 Å². The van der Waals surface area contributed by atoms with E-state index in [-0.39, 0.29) is 5.54 Å². The van der Waals surface area contributed by atoms with Gasteiger partial charge in [0, 0.05) is 54.7 Å². The van der Waals surface area contributed by atoms with Gasteiger partial charge < -0.3 is 10.6 Å². The van der Waals surface area contributed by atoms with Gasteiger partial charge in [-0.1, -0.05) is 53.0 Å². The highest BCUT2D eigenvalue weighted by atomic mass is 19.1. The molecule has 3 aliphatic heterocycles. The zero-order valence-electron chi connectivity index (χ0n) is 27.3. The molecule has 4 aliphatic rings. The van der Waals surface area contributed by atoms with Gasteiger partial charge >= 0.3 is 0 Å². The zero-order valence-corrected chi connectivity index (χ0v) is 27.3. The van der Waals surface area contributed by atoms with E-state index in [1.165, 1.54) is 49.7 Å². The Morgan fingerprint density at radius 2 is 1.88 bits per heavy atom. The lowest BCUT2D eigenvalue weighted by Gasteiger charge is -2.49. The molecule has 6 rings (SSSR count). The Hall–Kier alpha value is -2.72. The van der Waals surface area contributed by atoms with Crippen LogP contribution in [-0.4, -0.2) is 52.8 Å². The number of halogens is 1. The molecule has 1 aromatic carbocycles. The third-order valence-electron chi connectivity index (χ3n) is 10.7. The Kier molecular flexibility index (Phi) is 9.66. The molecule has 3 saturated heterocycles. The average Bonchev–Trinajstić information content (AvgIpc) is 3.43. The minimum Gasteiger partial charge on any atom is -0.398 e. The van der Waals surface area contributed by atoms with Crippen molar-refractivity contribution in [1.82, 2.24) is 14.9 Å². The lowest BCUT2D eigenvalue weighted by molar-refractivity contribution is 0.217. The van der Waals surface area contributed by atoms with Crippen molar-refractivity contribution in [1.29, 1.82) is 5.26 Å². The predicted octanol–water partition coefficient (Wildman–Crippen LogP) is 7.51. The van der Waals surface area contributed by atoms with E-state index in [1.807, 2.05) is 6.07 Å². The summed E-state index contributed by atoms with van der Waals surface area (Å²) in [6.45, 7) is 15.2. The predicted molar refractivity (Wildman–Crippen MR) is 174 cm³/mol. The van der Waals surface area contributed by atoms with E-state index >= 15 is 0 Å². The van der Waals surface area contributed by atoms with Crippen LogP contribution in [0.2, 0.25) is 0 Å². The number of hydrogen-bond donors (Lipinski definition) is 1. The van der Waals surface area contributed by atoms with E-state index in [9.17, 15) is 9.65 Å². The molecule has 0 bridgehead atoms. The molecule has 43 heavy (non-hydrogen) atoms. The second-order valence-corrected chi connectivity index (χ2v) is 14.4. The Morgan fingerprint density at radius 1 is 1.09 bits per heavy atom. The van der Waals surface area contributed by atoms with E-state index in [0.29, 0.717) is 35.5 Å². The topological polar surface area (TPSA) is 82.1 Å². The van der Waals surface area contributed by atoms with Crippen LogP contribution in [0.25, 0.3) is 0 Å². The van der Waals surface area contributed by atoms with Crippen LogP contribution in [0.1, 0.15) is 132 Å². The molecule has 0 spiro atoms. The summed E-state index contributed by atoms with van der Waals surface area (Å²) in [5.41, 5.74) is 12.8. The SMILES string of the molecule is CC12CCCN1CC(F)C2.CCCC1(C)CN(c2nc(CC)nc3c2CCCCCC(C)c2ccc(N)c(C#N)c2C3)C1. The summed E-state index contributed by atoms with van der Waals surface area (Å²) in [7, 11) is 0. The Balaban J connectivity index is 0.000000308. The van der Waals surface area contributed by atoms with Gasteiger partial charge in [-0.15, -0.1) is 0 Å². The fourth-order valence-corrected chi connectivity index (χ4v) is 8.30. The normalized spacial score (nSPS) is 26.6. The van der Waals surface area contributed by atoms with Gasteiger partial charge in [0.2, 0.25) is 0 Å². The maximum absolute atomic E-state index is 12.8. The quantitative estimate of drug-likeness (QED) is 0.372. The molecule has 1 aromatic heterocycles. The summed E-state index contributed by atoms with van der Waals surface area (Å²) in [5.74, 6) is 2.45. The van der Waals surface area contributed by atoms with Crippen LogP contribution in [-0.2, 0) is 19.3 Å². The molecule has 3 atom stereocenters. The van der Waals surface area contributed by atoms with Gasteiger partial charge in [-0.2, -0.15) is 5.26 Å². The molecule has 0 amide bonds. The Bertz CT molecular complexity index is 1330. The molecule has 2 N–H and O–H groups in total. The van der Waals surface area contributed by atoms with Crippen LogP contribution in [0.4, 0.5) is 15.9 Å². The molecule has 234 valence electrons. The van der Waals surface area contributed by atoms with Gasteiger partial charge in [-0.05, 0) is 81.5 Å². The number of nitrogens with zero attached hydrogens (tertiary/aromatic N) is 5. The number of rotatable bonds is 4. The highest BCUT2D eigenvalue weighted by Crippen LogP contribution is 2.41. The summed E-state index contributed by atoms with van der Waals surface area (Å²) in [6, 6.07) is 6.46. The second kappa shape index (κ2) is 13.1. The van der Waals surface area contributed by atoms with Gasteiger partial charge in [-0.3, -0.25) is 4.90 Å². The number of aryl methyl sites for hydroxylation is 1. The van der Waals surface area contributed by atoms with Crippen molar-refractivity contribution in [3.63, 3.8) is 0 Å². The highest BCUT2D eigenvalue weighted by molar-refractivity contribution is 5.62. The van der Waals surface area contributed by atoms with Crippen LogP contribution in [0, 0.1) is 16.7 Å². The number of nitrogens with two attached hydrogens (primary N) is 1. The van der Waals surface area contributed by atoms with Crippen molar-refractivity contribution in [2.45, 2.75) is 129 Å². The van der Waals surface area contributed by atoms with Crippen molar-refractivity contribution in [2.24, 2.45) is 5.41 Å². The van der Waals surface area contributed by atoms with Crippen LogP contribution < -0.4 is 10.6 Å². The van der Waals surface area contributed by atoms with Crippen molar-refractivity contribution >= 4 is 11.5 Å². The monoisotopic (exact) mass is 588 g/mol. The van der Waals surface area contributed by atoms with Gasteiger partial charge in [0.15, 0.2) is 0 Å². The highest BCUT2D eigenvalue weighted by Gasteiger charge is 2.45. The van der Waals surface area contributed by atoms with Crippen molar-refractivity contribution in [3.8, 4) is 6.07 Å². The first kappa shape index (κ1) is 31.7. The van der Waals surface area contributed by atoms with E-state index in [2.05, 4.69) is 56.6 Å². The van der Waals surface area contributed by atoms with E-state index in [0.717, 1.165) is 74.6 Å². The Labute approximate surface area is 259 Å². The minimum absolute atomic E-state index is 0.236. The van der Waals surface area contributed by atoms with Crippen LogP contribution in [0.15, 0.2) is 12.1 Å². The summed E-state index contributed by atoms with van der Waals surface area (Å²) in [4.78, 5) is 14.9. The van der Waals surface area contributed by atoms with Crippen LogP contribution in [0.5, 0.6) is 0 Å². The fourth-order valence-electron chi connectivity index (χ4n) is 8.30. The number of alkyl halides is 1. The smallest absolute Gasteiger partial charge is 0.135 e. The third-order valence-corrected chi connectivity index (χ3v) is 10.7.